The van der Waals surface area contributed by atoms with Gasteiger partial charge in [-0.3, -0.25) is 9.59 Å². The number of amides is 1. The van der Waals surface area contributed by atoms with E-state index in [4.69, 9.17) is 5.11 Å². The average Bonchev–Trinajstić information content (AvgIpc) is 2.37. The van der Waals surface area contributed by atoms with Crippen LogP contribution in [0.25, 0.3) is 0 Å². The van der Waals surface area contributed by atoms with E-state index in [1.807, 2.05) is 31.2 Å². The Balaban J connectivity index is 2.15. The molecule has 19 heavy (non-hydrogen) atoms. The molecule has 1 amide bonds. The predicted molar refractivity (Wildman–Crippen MR) is 76.4 cm³/mol. The summed E-state index contributed by atoms with van der Waals surface area (Å²) in [6, 6.07) is 7.95. The molecular formula is C14H19NO3S. The van der Waals surface area contributed by atoms with Crippen molar-refractivity contribution in [3.8, 4) is 0 Å². The van der Waals surface area contributed by atoms with E-state index in [2.05, 4.69) is 5.32 Å². The summed E-state index contributed by atoms with van der Waals surface area (Å²) in [7, 11) is 0. The van der Waals surface area contributed by atoms with Crippen molar-refractivity contribution in [2.75, 3.05) is 12.3 Å². The third-order valence-electron chi connectivity index (χ3n) is 2.59. The van der Waals surface area contributed by atoms with Gasteiger partial charge in [0, 0.05) is 17.9 Å². The van der Waals surface area contributed by atoms with E-state index in [0.29, 0.717) is 25.1 Å². The molecule has 0 aliphatic heterocycles. The topological polar surface area (TPSA) is 66.4 Å². The Bertz CT molecular complexity index is 434. The second-order valence-corrected chi connectivity index (χ2v) is 5.27. The fourth-order valence-corrected chi connectivity index (χ4v) is 2.40. The van der Waals surface area contributed by atoms with Crippen LogP contribution in [-0.2, 0) is 9.59 Å². The Morgan fingerprint density at radius 2 is 2.00 bits per heavy atom. The molecule has 0 spiro atoms. The number of benzene rings is 1. The molecule has 1 rings (SSSR count). The van der Waals surface area contributed by atoms with Crippen LogP contribution in [-0.4, -0.2) is 29.3 Å². The normalized spacial score (nSPS) is 10.2. The van der Waals surface area contributed by atoms with E-state index in [9.17, 15) is 9.59 Å². The van der Waals surface area contributed by atoms with Gasteiger partial charge < -0.3 is 10.4 Å². The third kappa shape index (κ3) is 6.86. The summed E-state index contributed by atoms with van der Waals surface area (Å²) in [6.07, 6.45) is 1.46. The molecule has 0 bridgehead atoms. The maximum absolute atomic E-state index is 11.6. The number of carboxylic acid groups (broad SMARTS) is 1. The van der Waals surface area contributed by atoms with Crippen LogP contribution in [0, 0.1) is 6.92 Å². The smallest absolute Gasteiger partial charge is 0.303 e. The number of aryl methyl sites for hydroxylation is 1. The molecule has 104 valence electrons. The van der Waals surface area contributed by atoms with Crippen LogP contribution in [0.4, 0.5) is 0 Å². The van der Waals surface area contributed by atoms with Crippen LogP contribution < -0.4 is 5.32 Å². The highest BCUT2D eigenvalue weighted by molar-refractivity contribution is 8.00. The predicted octanol–water partition coefficient (Wildman–Crippen LogP) is 2.46. The van der Waals surface area contributed by atoms with E-state index in [1.165, 1.54) is 17.3 Å². The number of carbonyl (C=O) groups excluding carboxylic acids is 1. The number of hydrogen-bond acceptors (Lipinski definition) is 3. The van der Waals surface area contributed by atoms with Gasteiger partial charge in [-0.25, -0.2) is 0 Å². The van der Waals surface area contributed by atoms with Crippen molar-refractivity contribution in [2.24, 2.45) is 0 Å². The van der Waals surface area contributed by atoms with Gasteiger partial charge in [-0.05, 0) is 31.4 Å². The van der Waals surface area contributed by atoms with Crippen LogP contribution in [0.1, 0.15) is 24.8 Å². The molecule has 0 atom stereocenters. The van der Waals surface area contributed by atoms with Gasteiger partial charge in [0.05, 0.1) is 5.75 Å². The molecule has 1 aromatic rings. The lowest BCUT2D eigenvalue weighted by atomic mass is 10.2. The first-order valence-electron chi connectivity index (χ1n) is 6.26. The molecule has 0 unspecified atom stereocenters. The monoisotopic (exact) mass is 281 g/mol. The van der Waals surface area contributed by atoms with Gasteiger partial charge in [-0.15, -0.1) is 11.8 Å². The number of hydrogen-bond donors (Lipinski definition) is 2. The number of aliphatic carboxylic acids is 1. The Labute approximate surface area is 117 Å². The standard InChI is InChI=1S/C14H19NO3S/c1-11-6-2-3-7-12(11)19-10-13(16)15-9-5-4-8-14(17)18/h2-3,6-7H,4-5,8-10H2,1H3,(H,15,16)(H,17,18). The van der Waals surface area contributed by atoms with Gasteiger partial charge in [0.25, 0.3) is 0 Å². The average molecular weight is 281 g/mol. The molecule has 5 heteroatoms. The van der Waals surface area contributed by atoms with Crippen molar-refractivity contribution < 1.29 is 14.7 Å². The van der Waals surface area contributed by atoms with Crippen LogP contribution in [0.3, 0.4) is 0 Å². The zero-order chi connectivity index (χ0) is 14.1. The number of thioether (sulfide) groups is 1. The van der Waals surface area contributed by atoms with E-state index in [-0.39, 0.29) is 12.3 Å². The Morgan fingerprint density at radius 3 is 2.68 bits per heavy atom. The minimum Gasteiger partial charge on any atom is -0.481 e. The summed E-state index contributed by atoms with van der Waals surface area (Å²) >= 11 is 1.52. The molecule has 0 heterocycles. The molecule has 0 fully saturated rings. The summed E-state index contributed by atoms with van der Waals surface area (Å²) in [4.78, 5) is 23.0. The van der Waals surface area contributed by atoms with Crippen molar-refractivity contribution in [3.05, 3.63) is 29.8 Å². The molecule has 2 N–H and O–H groups in total. The zero-order valence-electron chi connectivity index (χ0n) is 11.0. The van der Waals surface area contributed by atoms with Crippen LogP contribution in [0.15, 0.2) is 29.2 Å². The number of carbonyl (C=O) groups is 2. The molecule has 0 radical (unpaired) electrons. The van der Waals surface area contributed by atoms with Gasteiger partial charge in [-0.1, -0.05) is 18.2 Å². The molecule has 0 saturated carbocycles. The highest BCUT2D eigenvalue weighted by Crippen LogP contribution is 2.21. The van der Waals surface area contributed by atoms with Gasteiger partial charge in [0.15, 0.2) is 0 Å². The van der Waals surface area contributed by atoms with Gasteiger partial charge >= 0.3 is 5.97 Å². The highest BCUT2D eigenvalue weighted by Gasteiger charge is 2.04. The molecule has 0 aliphatic rings. The largest absolute Gasteiger partial charge is 0.481 e. The summed E-state index contributed by atoms with van der Waals surface area (Å²) in [5, 5.41) is 11.3. The fraction of sp³-hybridized carbons (Fsp3) is 0.429. The van der Waals surface area contributed by atoms with Crippen LogP contribution in [0.2, 0.25) is 0 Å². The fourth-order valence-electron chi connectivity index (χ4n) is 1.54. The zero-order valence-corrected chi connectivity index (χ0v) is 11.8. The molecule has 4 nitrogen and oxygen atoms in total. The Kier molecular flexibility index (Phi) is 7.03. The number of carboxylic acids is 1. The van der Waals surface area contributed by atoms with Gasteiger partial charge in [0.1, 0.15) is 0 Å². The first kappa shape index (κ1) is 15.6. The van der Waals surface area contributed by atoms with E-state index in [1.54, 1.807) is 0 Å². The van der Waals surface area contributed by atoms with Crippen molar-refractivity contribution in [1.82, 2.24) is 5.32 Å². The van der Waals surface area contributed by atoms with Crippen molar-refractivity contribution in [3.63, 3.8) is 0 Å². The van der Waals surface area contributed by atoms with Crippen molar-refractivity contribution >= 4 is 23.6 Å². The second-order valence-electron chi connectivity index (χ2n) is 4.25. The lowest BCUT2D eigenvalue weighted by molar-refractivity contribution is -0.137. The lowest BCUT2D eigenvalue weighted by Gasteiger charge is -2.06. The first-order chi connectivity index (χ1) is 9.09. The number of rotatable bonds is 8. The summed E-state index contributed by atoms with van der Waals surface area (Å²) in [5.41, 5.74) is 1.17. The SMILES string of the molecule is Cc1ccccc1SCC(=O)NCCCCC(=O)O. The quantitative estimate of drug-likeness (QED) is 0.567. The highest BCUT2D eigenvalue weighted by atomic mass is 32.2. The van der Waals surface area contributed by atoms with Crippen LogP contribution in [0.5, 0.6) is 0 Å². The van der Waals surface area contributed by atoms with E-state index >= 15 is 0 Å². The van der Waals surface area contributed by atoms with Crippen LogP contribution >= 0.6 is 11.8 Å². The van der Waals surface area contributed by atoms with Crippen molar-refractivity contribution in [1.29, 1.82) is 0 Å². The second kappa shape index (κ2) is 8.58. The molecule has 1 aromatic carbocycles. The minimum absolute atomic E-state index is 0.0106. The first-order valence-corrected chi connectivity index (χ1v) is 7.25. The summed E-state index contributed by atoms with van der Waals surface area (Å²) < 4.78 is 0. The minimum atomic E-state index is -0.790. The van der Waals surface area contributed by atoms with E-state index in [0.717, 1.165) is 4.90 Å². The third-order valence-corrected chi connectivity index (χ3v) is 3.77. The maximum atomic E-state index is 11.6. The Morgan fingerprint density at radius 1 is 1.26 bits per heavy atom. The Hall–Kier alpha value is -1.49. The summed E-state index contributed by atoms with van der Waals surface area (Å²) in [5.74, 6) is -0.408. The summed E-state index contributed by atoms with van der Waals surface area (Å²) in [6.45, 7) is 2.56. The molecule has 0 aromatic heterocycles. The lowest BCUT2D eigenvalue weighted by Crippen LogP contribution is -2.26. The van der Waals surface area contributed by atoms with Crippen molar-refractivity contribution in [2.45, 2.75) is 31.1 Å². The number of unbranched alkanes of at least 4 members (excludes halogenated alkanes) is 1. The van der Waals surface area contributed by atoms with Gasteiger partial charge in [0.2, 0.25) is 5.91 Å². The van der Waals surface area contributed by atoms with E-state index < -0.39 is 5.97 Å². The molecule has 0 saturated heterocycles. The maximum Gasteiger partial charge on any atom is 0.303 e. The molecular weight excluding hydrogens is 262 g/mol. The van der Waals surface area contributed by atoms with Gasteiger partial charge in [-0.2, -0.15) is 0 Å². The molecule has 0 aliphatic carbocycles. The number of nitrogens with one attached hydrogen (secondary N) is 1.